The number of hydrogen-bond donors (Lipinski definition) is 2. The van der Waals surface area contributed by atoms with Gasteiger partial charge in [0, 0.05) is 30.3 Å². The number of carbonyl (C=O) groups is 1. The highest BCUT2D eigenvalue weighted by Crippen LogP contribution is 2.17. The zero-order chi connectivity index (χ0) is 20.7. The molecule has 2 aromatic carbocycles. The smallest absolute Gasteiger partial charge is 0.243 e. The van der Waals surface area contributed by atoms with Crippen molar-refractivity contribution < 1.29 is 13.2 Å². The van der Waals surface area contributed by atoms with Crippen molar-refractivity contribution in [3.63, 3.8) is 0 Å². The van der Waals surface area contributed by atoms with Crippen molar-refractivity contribution in [1.82, 2.24) is 4.98 Å². The molecule has 0 bridgehead atoms. The number of aromatic nitrogens is 1. The summed E-state index contributed by atoms with van der Waals surface area (Å²) in [6.45, 7) is 0.648. The van der Waals surface area contributed by atoms with Crippen molar-refractivity contribution in [3.05, 3.63) is 90.3 Å². The number of amides is 1. The highest BCUT2D eigenvalue weighted by Gasteiger charge is 2.13. The van der Waals surface area contributed by atoms with Gasteiger partial charge in [-0.25, -0.2) is 13.6 Å². The van der Waals surface area contributed by atoms with Crippen LogP contribution < -0.4 is 15.4 Å². The molecule has 29 heavy (non-hydrogen) atoms. The van der Waals surface area contributed by atoms with Gasteiger partial charge in [0.05, 0.1) is 12.3 Å². The van der Waals surface area contributed by atoms with Crippen molar-refractivity contribution in [3.8, 4) is 0 Å². The number of nitrogens with zero attached hydrogens (tertiary/aromatic N) is 2. The first-order valence-electron chi connectivity index (χ1n) is 8.97. The fraction of sp³-hybridized carbons (Fsp3) is 0.143. The van der Waals surface area contributed by atoms with E-state index >= 15 is 0 Å². The zero-order valence-electron chi connectivity index (χ0n) is 15.7. The summed E-state index contributed by atoms with van der Waals surface area (Å²) in [5.41, 5.74) is 2.93. The topological polar surface area (TPSA) is 105 Å². The third kappa shape index (κ3) is 6.70. The maximum absolute atomic E-state index is 12.7. The second-order valence-corrected chi connectivity index (χ2v) is 8.22. The summed E-state index contributed by atoms with van der Waals surface area (Å²) < 4.78 is 22.6. The fourth-order valence-corrected chi connectivity index (χ4v) is 3.58. The van der Waals surface area contributed by atoms with E-state index in [2.05, 4.69) is 10.3 Å². The molecule has 150 valence electrons. The Bertz CT molecular complexity index is 1060. The Labute approximate surface area is 170 Å². The summed E-state index contributed by atoms with van der Waals surface area (Å²) in [4.78, 5) is 18.7. The Kier molecular flexibility index (Phi) is 6.58. The maximum atomic E-state index is 12.7. The van der Waals surface area contributed by atoms with Crippen LogP contribution in [0.3, 0.4) is 0 Å². The molecule has 3 aromatic rings. The number of sulfonamides is 1. The number of para-hydroxylation sites is 1. The first kappa shape index (κ1) is 20.5. The summed E-state index contributed by atoms with van der Waals surface area (Å²) in [5.74, 6) is -0.501. The normalized spacial score (nSPS) is 11.1. The molecule has 0 atom stereocenters. The molecule has 1 amide bonds. The molecule has 0 saturated heterocycles. The third-order valence-electron chi connectivity index (χ3n) is 4.13. The lowest BCUT2D eigenvalue weighted by Crippen LogP contribution is -2.33. The SMILES string of the molecule is NS(=O)(=O)Cc1cccc(NC(=O)CN(Cc2cccnc2)c2ccccc2)c1. The maximum Gasteiger partial charge on any atom is 0.243 e. The van der Waals surface area contributed by atoms with Gasteiger partial charge in [-0.2, -0.15) is 0 Å². The number of hydrogen-bond acceptors (Lipinski definition) is 5. The highest BCUT2D eigenvalue weighted by atomic mass is 32.2. The monoisotopic (exact) mass is 410 g/mol. The molecular weight excluding hydrogens is 388 g/mol. The molecule has 0 aliphatic rings. The minimum atomic E-state index is -3.64. The van der Waals surface area contributed by atoms with Crippen LogP contribution in [0, 0.1) is 0 Å². The van der Waals surface area contributed by atoms with E-state index < -0.39 is 10.0 Å². The van der Waals surface area contributed by atoms with Gasteiger partial charge in [-0.1, -0.05) is 36.4 Å². The van der Waals surface area contributed by atoms with E-state index in [0.717, 1.165) is 11.3 Å². The number of carbonyl (C=O) groups excluding carboxylic acids is 1. The van der Waals surface area contributed by atoms with Gasteiger partial charge in [-0.15, -0.1) is 0 Å². The Balaban J connectivity index is 1.72. The standard InChI is InChI=1S/C21H22N4O3S/c22-29(27,28)16-17-6-4-8-19(12-17)24-21(26)15-25(20-9-2-1-3-10-20)14-18-7-5-11-23-13-18/h1-13H,14-16H2,(H,24,26)(H2,22,27,28). The van der Waals surface area contributed by atoms with E-state index in [0.29, 0.717) is 17.8 Å². The van der Waals surface area contributed by atoms with E-state index in [1.807, 2.05) is 47.4 Å². The van der Waals surface area contributed by atoms with Crippen LogP contribution >= 0.6 is 0 Å². The van der Waals surface area contributed by atoms with Crippen LogP contribution in [-0.2, 0) is 27.1 Å². The molecule has 3 rings (SSSR count). The first-order valence-corrected chi connectivity index (χ1v) is 10.7. The molecule has 7 nitrogen and oxygen atoms in total. The number of pyridine rings is 1. The predicted molar refractivity (Wildman–Crippen MR) is 114 cm³/mol. The van der Waals surface area contributed by atoms with Crippen molar-refractivity contribution in [2.75, 3.05) is 16.8 Å². The molecular formula is C21H22N4O3S. The van der Waals surface area contributed by atoms with Gasteiger partial charge in [0.15, 0.2) is 0 Å². The van der Waals surface area contributed by atoms with E-state index in [4.69, 9.17) is 5.14 Å². The van der Waals surface area contributed by atoms with Crippen LogP contribution in [0.1, 0.15) is 11.1 Å². The molecule has 0 aliphatic heterocycles. The Morgan fingerprint density at radius 2 is 1.76 bits per heavy atom. The Morgan fingerprint density at radius 1 is 1.00 bits per heavy atom. The minimum absolute atomic E-state index is 0.123. The lowest BCUT2D eigenvalue weighted by molar-refractivity contribution is -0.115. The average Bonchev–Trinajstić information content (AvgIpc) is 2.68. The summed E-state index contributed by atoms with van der Waals surface area (Å²) in [6.07, 6.45) is 3.47. The van der Waals surface area contributed by atoms with Crippen LogP contribution in [0.15, 0.2) is 79.1 Å². The number of nitrogens with one attached hydrogen (secondary N) is 1. The molecule has 8 heteroatoms. The van der Waals surface area contributed by atoms with E-state index in [1.165, 1.54) is 0 Å². The summed E-state index contributed by atoms with van der Waals surface area (Å²) in [5, 5.41) is 7.92. The molecule has 1 aromatic heterocycles. The number of rotatable bonds is 8. The second kappa shape index (κ2) is 9.31. The van der Waals surface area contributed by atoms with Crippen molar-refractivity contribution in [2.45, 2.75) is 12.3 Å². The average molecular weight is 410 g/mol. The van der Waals surface area contributed by atoms with Crippen molar-refractivity contribution >= 4 is 27.3 Å². The van der Waals surface area contributed by atoms with Crippen LogP contribution in [0.25, 0.3) is 0 Å². The molecule has 0 fully saturated rings. The van der Waals surface area contributed by atoms with Gasteiger partial charge in [0.2, 0.25) is 15.9 Å². The van der Waals surface area contributed by atoms with Gasteiger partial charge in [0.1, 0.15) is 0 Å². The van der Waals surface area contributed by atoms with Crippen LogP contribution in [0.4, 0.5) is 11.4 Å². The molecule has 0 radical (unpaired) electrons. The van der Waals surface area contributed by atoms with Gasteiger partial charge in [-0.05, 0) is 41.5 Å². The van der Waals surface area contributed by atoms with Gasteiger partial charge < -0.3 is 10.2 Å². The second-order valence-electron chi connectivity index (χ2n) is 6.61. The minimum Gasteiger partial charge on any atom is -0.358 e. The van der Waals surface area contributed by atoms with Gasteiger partial charge >= 0.3 is 0 Å². The predicted octanol–water partition coefficient (Wildman–Crippen LogP) is 2.52. The molecule has 0 saturated carbocycles. The van der Waals surface area contributed by atoms with Gasteiger partial charge in [0.25, 0.3) is 0 Å². The van der Waals surface area contributed by atoms with E-state index in [9.17, 15) is 13.2 Å². The summed E-state index contributed by atoms with van der Waals surface area (Å²) >= 11 is 0. The molecule has 0 unspecified atom stereocenters. The number of benzene rings is 2. The summed E-state index contributed by atoms with van der Waals surface area (Å²) in [6, 6.07) is 20.1. The number of nitrogens with two attached hydrogens (primary N) is 1. The van der Waals surface area contributed by atoms with Gasteiger partial charge in [-0.3, -0.25) is 9.78 Å². The zero-order valence-corrected chi connectivity index (χ0v) is 16.5. The largest absolute Gasteiger partial charge is 0.358 e. The van der Waals surface area contributed by atoms with Crippen LogP contribution in [0.5, 0.6) is 0 Å². The van der Waals surface area contributed by atoms with Crippen molar-refractivity contribution in [1.29, 1.82) is 0 Å². The molecule has 0 spiro atoms. The third-order valence-corrected chi connectivity index (χ3v) is 4.87. The molecule has 3 N–H and O–H groups in total. The Morgan fingerprint density at radius 3 is 2.45 bits per heavy atom. The lowest BCUT2D eigenvalue weighted by Gasteiger charge is -2.24. The number of primary sulfonamides is 1. The van der Waals surface area contributed by atoms with Crippen LogP contribution in [-0.4, -0.2) is 25.9 Å². The quantitative estimate of drug-likeness (QED) is 0.594. The highest BCUT2D eigenvalue weighted by molar-refractivity contribution is 7.88. The van der Waals surface area contributed by atoms with E-state index in [1.54, 1.807) is 36.7 Å². The van der Waals surface area contributed by atoms with E-state index in [-0.39, 0.29) is 18.2 Å². The number of anilines is 2. The fourth-order valence-electron chi connectivity index (χ4n) is 2.93. The van der Waals surface area contributed by atoms with Crippen LogP contribution in [0.2, 0.25) is 0 Å². The van der Waals surface area contributed by atoms with Crippen molar-refractivity contribution in [2.24, 2.45) is 5.14 Å². The Hall–Kier alpha value is -3.23. The molecule has 0 aliphatic carbocycles. The first-order chi connectivity index (χ1) is 13.9. The summed E-state index contributed by atoms with van der Waals surface area (Å²) in [7, 11) is -3.64. The lowest BCUT2D eigenvalue weighted by atomic mass is 10.2. The molecule has 1 heterocycles.